The molecule has 2 N–H and O–H groups in total. The van der Waals surface area contributed by atoms with Gasteiger partial charge in [-0.1, -0.05) is 11.6 Å². The predicted octanol–water partition coefficient (Wildman–Crippen LogP) is 1.60. The molecule has 0 aliphatic carbocycles. The summed E-state index contributed by atoms with van der Waals surface area (Å²) in [4.78, 5) is 11.5. The molecule has 1 aromatic carbocycles. The van der Waals surface area contributed by atoms with Crippen LogP contribution in [0.3, 0.4) is 0 Å². The van der Waals surface area contributed by atoms with Crippen molar-refractivity contribution < 1.29 is 19.4 Å². The van der Waals surface area contributed by atoms with Gasteiger partial charge in [0.2, 0.25) is 0 Å². The maximum atomic E-state index is 11.5. The molecule has 1 amide bonds. The third-order valence-corrected chi connectivity index (χ3v) is 3.00. The van der Waals surface area contributed by atoms with Gasteiger partial charge in [-0.2, -0.15) is 0 Å². The van der Waals surface area contributed by atoms with E-state index in [9.17, 15) is 9.90 Å². The van der Waals surface area contributed by atoms with E-state index in [1.54, 1.807) is 18.2 Å². The number of hydrogen-bond acceptors (Lipinski definition) is 4. The van der Waals surface area contributed by atoms with Crippen LogP contribution in [0.5, 0.6) is 5.75 Å². The topological polar surface area (TPSA) is 67.8 Å². The molecule has 0 bridgehead atoms. The Hall–Kier alpha value is -0.820. The number of methoxy groups -OCH3 is 1. The van der Waals surface area contributed by atoms with E-state index in [1.807, 2.05) is 0 Å². The van der Waals surface area contributed by atoms with Crippen molar-refractivity contribution in [2.75, 3.05) is 26.9 Å². The highest BCUT2D eigenvalue weighted by Gasteiger charge is 2.08. The Labute approximate surface area is 125 Å². The third kappa shape index (κ3) is 6.24. The number of ether oxygens (including phenoxy) is 2. The standard InChI is InChI=1S/C12H15BrClNO4/c1-18-6-9(16)5-15-12(17)7-19-11-3-2-8(14)4-10(11)13/h2-4,9,16H,5-7H2,1H3,(H,15,17). The van der Waals surface area contributed by atoms with Gasteiger partial charge in [-0.25, -0.2) is 0 Å². The van der Waals surface area contributed by atoms with E-state index in [0.29, 0.717) is 15.2 Å². The summed E-state index contributed by atoms with van der Waals surface area (Å²) in [6.45, 7) is 0.154. The summed E-state index contributed by atoms with van der Waals surface area (Å²) in [6.07, 6.45) is -0.726. The number of nitrogens with one attached hydrogen (secondary N) is 1. The molecule has 0 heterocycles. The van der Waals surface area contributed by atoms with Gasteiger partial charge >= 0.3 is 0 Å². The lowest BCUT2D eigenvalue weighted by atomic mass is 10.3. The van der Waals surface area contributed by atoms with Gasteiger partial charge in [0, 0.05) is 18.7 Å². The van der Waals surface area contributed by atoms with E-state index >= 15 is 0 Å². The number of amides is 1. The van der Waals surface area contributed by atoms with Crippen LogP contribution < -0.4 is 10.1 Å². The first kappa shape index (κ1) is 16.2. The molecular weight excluding hydrogens is 337 g/mol. The minimum absolute atomic E-state index is 0.123. The van der Waals surface area contributed by atoms with E-state index in [1.165, 1.54) is 7.11 Å². The number of carbonyl (C=O) groups excluding carboxylic acids is 1. The molecule has 0 aliphatic heterocycles. The third-order valence-electron chi connectivity index (χ3n) is 2.15. The van der Waals surface area contributed by atoms with Crippen molar-refractivity contribution in [2.45, 2.75) is 6.10 Å². The lowest BCUT2D eigenvalue weighted by molar-refractivity contribution is -0.123. The van der Waals surface area contributed by atoms with E-state index in [0.717, 1.165) is 0 Å². The molecule has 1 rings (SSSR count). The highest BCUT2D eigenvalue weighted by molar-refractivity contribution is 9.10. The van der Waals surface area contributed by atoms with Crippen LogP contribution in [0.15, 0.2) is 22.7 Å². The number of carbonyl (C=O) groups is 1. The molecule has 1 atom stereocenters. The lowest BCUT2D eigenvalue weighted by Crippen LogP contribution is -2.37. The fourth-order valence-corrected chi connectivity index (χ4v) is 2.07. The van der Waals surface area contributed by atoms with Crippen LogP contribution in [0.1, 0.15) is 0 Å². The van der Waals surface area contributed by atoms with Gasteiger partial charge in [-0.3, -0.25) is 4.79 Å². The average molecular weight is 353 g/mol. The van der Waals surface area contributed by atoms with Crippen LogP contribution in [0.25, 0.3) is 0 Å². The first-order chi connectivity index (χ1) is 9.02. The van der Waals surface area contributed by atoms with E-state index in [2.05, 4.69) is 21.2 Å². The van der Waals surface area contributed by atoms with Crippen LogP contribution >= 0.6 is 27.5 Å². The Morgan fingerprint density at radius 3 is 2.95 bits per heavy atom. The van der Waals surface area contributed by atoms with Crippen molar-refractivity contribution in [1.29, 1.82) is 0 Å². The summed E-state index contributed by atoms with van der Waals surface area (Å²) in [6, 6.07) is 5.01. The molecule has 0 fully saturated rings. The highest BCUT2D eigenvalue weighted by atomic mass is 79.9. The Morgan fingerprint density at radius 1 is 1.58 bits per heavy atom. The summed E-state index contributed by atoms with van der Waals surface area (Å²) in [7, 11) is 1.48. The Morgan fingerprint density at radius 2 is 2.32 bits per heavy atom. The first-order valence-corrected chi connectivity index (χ1v) is 6.71. The largest absolute Gasteiger partial charge is 0.483 e. The van der Waals surface area contributed by atoms with Crippen molar-refractivity contribution in [3.8, 4) is 5.75 Å². The van der Waals surface area contributed by atoms with E-state index in [4.69, 9.17) is 21.1 Å². The van der Waals surface area contributed by atoms with Crippen LogP contribution in [0.2, 0.25) is 5.02 Å². The number of hydrogen-bond donors (Lipinski definition) is 2. The molecule has 0 aromatic heterocycles. The zero-order valence-electron chi connectivity index (χ0n) is 10.4. The molecule has 0 saturated heterocycles. The molecule has 1 unspecified atom stereocenters. The monoisotopic (exact) mass is 351 g/mol. The summed E-state index contributed by atoms with van der Waals surface area (Å²) < 4.78 is 10.7. The van der Waals surface area contributed by atoms with Gasteiger partial charge in [0.25, 0.3) is 5.91 Å². The quantitative estimate of drug-likeness (QED) is 0.782. The Bertz CT molecular complexity index is 430. The number of aliphatic hydroxyl groups excluding tert-OH is 1. The van der Waals surface area contributed by atoms with Gasteiger partial charge < -0.3 is 19.9 Å². The minimum atomic E-state index is -0.726. The lowest BCUT2D eigenvalue weighted by Gasteiger charge is -2.12. The average Bonchev–Trinajstić information content (AvgIpc) is 2.35. The molecule has 0 aliphatic rings. The van der Waals surface area contributed by atoms with E-state index in [-0.39, 0.29) is 25.7 Å². The van der Waals surface area contributed by atoms with Gasteiger partial charge in [0.15, 0.2) is 6.61 Å². The fraction of sp³-hybridized carbons (Fsp3) is 0.417. The maximum Gasteiger partial charge on any atom is 0.258 e. The van der Waals surface area contributed by atoms with Gasteiger partial charge in [0.1, 0.15) is 5.75 Å². The van der Waals surface area contributed by atoms with Crippen LogP contribution in [-0.2, 0) is 9.53 Å². The smallest absolute Gasteiger partial charge is 0.258 e. The molecular formula is C12H15BrClNO4. The second-order valence-electron chi connectivity index (χ2n) is 3.78. The molecule has 19 heavy (non-hydrogen) atoms. The van der Waals surface area contributed by atoms with E-state index < -0.39 is 6.10 Å². The van der Waals surface area contributed by atoms with Gasteiger partial charge in [-0.05, 0) is 34.1 Å². The summed E-state index contributed by atoms with van der Waals surface area (Å²) in [5.41, 5.74) is 0. The van der Waals surface area contributed by atoms with Gasteiger partial charge in [0.05, 0.1) is 17.2 Å². The molecule has 1 aromatic rings. The minimum Gasteiger partial charge on any atom is -0.483 e. The highest BCUT2D eigenvalue weighted by Crippen LogP contribution is 2.27. The zero-order valence-corrected chi connectivity index (χ0v) is 12.7. The maximum absolute atomic E-state index is 11.5. The second-order valence-corrected chi connectivity index (χ2v) is 5.07. The molecule has 0 spiro atoms. The SMILES string of the molecule is COCC(O)CNC(=O)COc1ccc(Cl)cc1Br. The molecule has 5 nitrogen and oxygen atoms in total. The summed E-state index contributed by atoms with van der Waals surface area (Å²) in [5, 5.41) is 12.5. The molecule has 0 saturated carbocycles. The number of rotatable bonds is 7. The normalized spacial score (nSPS) is 12.0. The first-order valence-electron chi connectivity index (χ1n) is 5.54. The summed E-state index contributed by atoms with van der Waals surface area (Å²) in [5.74, 6) is 0.203. The Balaban J connectivity index is 2.33. The zero-order chi connectivity index (χ0) is 14.3. The number of halogens is 2. The van der Waals surface area contributed by atoms with Gasteiger partial charge in [-0.15, -0.1) is 0 Å². The van der Waals surface area contributed by atoms with Crippen molar-refractivity contribution in [3.63, 3.8) is 0 Å². The molecule has 7 heteroatoms. The second kappa shape index (κ2) is 8.37. The van der Waals surface area contributed by atoms with Crippen molar-refractivity contribution in [3.05, 3.63) is 27.7 Å². The Kier molecular flexibility index (Phi) is 7.15. The fourth-order valence-electron chi connectivity index (χ4n) is 1.27. The van der Waals surface area contributed by atoms with Crippen LogP contribution in [-0.4, -0.2) is 44.0 Å². The van der Waals surface area contributed by atoms with Crippen molar-refractivity contribution in [1.82, 2.24) is 5.32 Å². The van der Waals surface area contributed by atoms with Crippen molar-refractivity contribution in [2.24, 2.45) is 0 Å². The van der Waals surface area contributed by atoms with Crippen LogP contribution in [0, 0.1) is 0 Å². The van der Waals surface area contributed by atoms with Crippen molar-refractivity contribution >= 4 is 33.4 Å². The number of aliphatic hydroxyl groups is 1. The molecule has 0 radical (unpaired) electrons. The molecule has 106 valence electrons. The summed E-state index contributed by atoms with van der Waals surface area (Å²) >= 11 is 9.07. The number of benzene rings is 1. The predicted molar refractivity (Wildman–Crippen MR) is 75.5 cm³/mol. The van der Waals surface area contributed by atoms with Crippen LogP contribution in [0.4, 0.5) is 0 Å².